The minimum Gasteiger partial charge on any atom is -0.492 e. The molecule has 6 heterocycles. The van der Waals surface area contributed by atoms with Crippen LogP contribution in [0.25, 0.3) is 27.7 Å². The Bertz CT molecular complexity index is 1310. The monoisotopic (exact) mass is 459 g/mol. The van der Waals surface area contributed by atoms with Crippen LogP contribution in [0.1, 0.15) is 32.6 Å². The van der Waals surface area contributed by atoms with Crippen molar-refractivity contribution in [3.8, 4) is 16.9 Å². The van der Waals surface area contributed by atoms with Crippen LogP contribution >= 0.6 is 0 Å². The van der Waals surface area contributed by atoms with Crippen molar-refractivity contribution in [1.82, 2.24) is 29.7 Å². The molecule has 0 saturated carbocycles. The second-order valence-electron chi connectivity index (χ2n) is 9.48. The summed E-state index contributed by atoms with van der Waals surface area (Å²) in [5, 5.41) is 12.7. The van der Waals surface area contributed by atoms with E-state index in [0.29, 0.717) is 12.0 Å². The Hall–Kier alpha value is -3.62. The number of hydrogen-bond donors (Lipinski definition) is 1. The fourth-order valence-electron chi connectivity index (χ4n) is 5.55. The highest BCUT2D eigenvalue weighted by Gasteiger charge is 2.37. The lowest BCUT2D eigenvalue weighted by Crippen LogP contribution is -2.46. The van der Waals surface area contributed by atoms with Gasteiger partial charge in [0.05, 0.1) is 29.9 Å². The van der Waals surface area contributed by atoms with Crippen molar-refractivity contribution in [3.05, 3.63) is 36.8 Å². The molecule has 0 aromatic carbocycles. The number of amides is 1. The van der Waals surface area contributed by atoms with Gasteiger partial charge in [-0.2, -0.15) is 5.10 Å². The van der Waals surface area contributed by atoms with Crippen molar-refractivity contribution in [3.63, 3.8) is 0 Å². The van der Waals surface area contributed by atoms with E-state index >= 15 is 0 Å². The fourth-order valence-corrected chi connectivity index (χ4v) is 5.55. The standard InChI is InChI=1S/C25H29N7O2/c1-2-34-19-13-20(23-21-15-27-28-24(21)29-32(23)16-19)18-3-4-22(26-14-18)31-11-7-25(8-12-31)5-9-30(17-33)10-6-25/h3-4,13-17H,2,5-12H2,1H3,(H,28,29). The van der Waals surface area contributed by atoms with Crippen LogP contribution in [-0.4, -0.2) is 68.9 Å². The first kappa shape index (κ1) is 20.9. The molecule has 0 bridgehead atoms. The zero-order chi connectivity index (χ0) is 23.1. The molecule has 2 aliphatic heterocycles. The molecule has 1 spiro atoms. The van der Waals surface area contributed by atoms with Gasteiger partial charge < -0.3 is 14.5 Å². The highest BCUT2D eigenvalue weighted by Crippen LogP contribution is 2.42. The highest BCUT2D eigenvalue weighted by molar-refractivity contribution is 6.00. The second kappa shape index (κ2) is 8.30. The quantitative estimate of drug-likeness (QED) is 0.459. The van der Waals surface area contributed by atoms with Gasteiger partial charge in [0, 0.05) is 43.5 Å². The molecule has 0 radical (unpaired) electrons. The number of likely N-dealkylation sites (tertiary alicyclic amines) is 1. The number of H-pyrrole nitrogens is 1. The highest BCUT2D eigenvalue weighted by atomic mass is 16.5. The Balaban J connectivity index is 1.25. The van der Waals surface area contributed by atoms with Crippen LogP contribution in [0, 0.1) is 5.41 Å². The molecule has 6 rings (SSSR count). The number of anilines is 1. The largest absolute Gasteiger partial charge is 0.492 e. The predicted octanol–water partition coefficient (Wildman–Crippen LogP) is 3.51. The van der Waals surface area contributed by atoms with Gasteiger partial charge in [-0.3, -0.25) is 9.89 Å². The number of ether oxygens (including phenoxy) is 1. The molecule has 34 heavy (non-hydrogen) atoms. The maximum atomic E-state index is 11.0. The number of pyridine rings is 2. The van der Waals surface area contributed by atoms with Gasteiger partial charge in [0.15, 0.2) is 5.65 Å². The minimum absolute atomic E-state index is 0.388. The smallest absolute Gasteiger partial charge is 0.209 e. The molecule has 2 aliphatic rings. The number of aromatic amines is 1. The summed E-state index contributed by atoms with van der Waals surface area (Å²) in [5.74, 6) is 1.79. The predicted molar refractivity (Wildman–Crippen MR) is 130 cm³/mol. The van der Waals surface area contributed by atoms with E-state index in [4.69, 9.17) is 9.72 Å². The van der Waals surface area contributed by atoms with E-state index in [-0.39, 0.29) is 0 Å². The van der Waals surface area contributed by atoms with Crippen LogP contribution in [-0.2, 0) is 4.79 Å². The Morgan fingerprint density at radius 2 is 1.91 bits per heavy atom. The first-order valence-electron chi connectivity index (χ1n) is 12.1. The summed E-state index contributed by atoms with van der Waals surface area (Å²) in [6.45, 7) is 6.37. The third kappa shape index (κ3) is 3.55. The lowest BCUT2D eigenvalue weighted by atomic mass is 9.71. The molecule has 0 aliphatic carbocycles. The van der Waals surface area contributed by atoms with Crippen molar-refractivity contribution in [2.45, 2.75) is 32.6 Å². The van der Waals surface area contributed by atoms with Gasteiger partial charge >= 0.3 is 0 Å². The molecule has 4 aromatic rings. The molecule has 9 heteroatoms. The molecular formula is C25H29N7O2. The molecule has 1 amide bonds. The molecule has 1 N–H and O–H groups in total. The maximum Gasteiger partial charge on any atom is 0.209 e. The van der Waals surface area contributed by atoms with Crippen LogP contribution in [0.2, 0.25) is 0 Å². The maximum absolute atomic E-state index is 11.0. The van der Waals surface area contributed by atoms with Crippen LogP contribution in [0.4, 0.5) is 5.82 Å². The van der Waals surface area contributed by atoms with Crippen LogP contribution in [0.15, 0.2) is 36.8 Å². The van der Waals surface area contributed by atoms with Gasteiger partial charge in [-0.05, 0) is 56.2 Å². The van der Waals surface area contributed by atoms with E-state index < -0.39 is 0 Å². The lowest BCUT2D eigenvalue weighted by Gasteiger charge is -2.46. The van der Waals surface area contributed by atoms with Crippen molar-refractivity contribution >= 4 is 28.8 Å². The van der Waals surface area contributed by atoms with Gasteiger partial charge in [0.1, 0.15) is 11.6 Å². The lowest BCUT2D eigenvalue weighted by molar-refractivity contribution is -0.120. The molecule has 9 nitrogen and oxygen atoms in total. The topological polar surface area (TPSA) is 91.6 Å². The SMILES string of the molecule is CCOc1cc(-c2ccc(N3CCC4(CCN(C=O)CC4)CC3)nc2)c2c3cn[nH]c3nn2c1. The molecular weight excluding hydrogens is 430 g/mol. The van der Waals surface area contributed by atoms with Gasteiger partial charge in [0.2, 0.25) is 6.41 Å². The summed E-state index contributed by atoms with van der Waals surface area (Å²) in [4.78, 5) is 20.2. The molecule has 176 valence electrons. The molecule has 0 atom stereocenters. The Morgan fingerprint density at radius 3 is 2.62 bits per heavy atom. The summed E-state index contributed by atoms with van der Waals surface area (Å²) < 4.78 is 7.66. The molecule has 2 fully saturated rings. The van der Waals surface area contributed by atoms with Crippen LogP contribution in [0.5, 0.6) is 5.75 Å². The van der Waals surface area contributed by atoms with E-state index in [1.165, 1.54) is 0 Å². The van der Waals surface area contributed by atoms with E-state index in [1.54, 1.807) is 0 Å². The Morgan fingerprint density at radius 1 is 1.12 bits per heavy atom. The van der Waals surface area contributed by atoms with Crippen molar-refractivity contribution in [2.24, 2.45) is 5.41 Å². The summed E-state index contributed by atoms with van der Waals surface area (Å²) in [6, 6.07) is 6.31. The van der Waals surface area contributed by atoms with E-state index in [2.05, 4.69) is 38.4 Å². The number of aromatic nitrogens is 5. The summed E-state index contributed by atoms with van der Waals surface area (Å²) in [7, 11) is 0. The molecule has 0 unspecified atom stereocenters. The van der Waals surface area contributed by atoms with Crippen LogP contribution in [0.3, 0.4) is 0 Å². The Labute approximate surface area is 197 Å². The Kier molecular flexibility index (Phi) is 5.12. The first-order chi connectivity index (χ1) is 16.7. The number of rotatable bonds is 5. The van der Waals surface area contributed by atoms with E-state index in [1.807, 2.05) is 34.9 Å². The number of fused-ring (bicyclic) bond motifs is 3. The molecule has 4 aromatic heterocycles. The average Bonchev–Trinajstić information content (AvgIpc) is 3.46. The first-order valence-corrected chi connectivity index (χ1v) is 12.1. The van der Waals surface area contributed by atoms with Gasteiger partial charge in [-0.25, -0.2) is 9.50 Å². The van der Waals surface area contributed by atoms with Crippen LogP contribution < -0.4 is 9.64 Å². The third-order valence-corrected chi connectivity index (χ3v) is 7.63. The number of nitrogens with one attached hydrogen (secondary N) is 1. The number of nitrogens with zero attached hydrogens (tertiary/aromatic N) is 6. The summed E-state index contributed by atoms with van der Waals surface area (Å²) in [5.41, 5.74) is 4.17. The zero-order valence-corrected chi connectivity index (χ0v) is 19.4. The van der Waals surface area contributed by atoms with Crippen molar-refractivity contribution in [1.29, 1.82) is 0 Å². The number of carbonyl (C=O) groups excluding carboxylic acids is 1. The second-order valence-corrected chi connectivity index (χ2v) is 9.48. The van der Waals surface area contributed by atoms with Gasteiger partial charge in [-0.15, -0.1) is 5.10 Å². The number of hydrogen-bond acceptors (Lipinski definition) is 6. The zero-order valence-electron chi connectivity index (χ0n) is 19.4. The average molecular weight is 460 g/mol. The van der Waals surface area contributed by atoms with Crippen molar-refractivity contribution < 1.29 is 9.53 Å². The van der Waals surface area contributed by atoms with Gasteiger partial charge in [-0.1, -0.05) is 0 Å². The fraction of sp³-hybridized carbons (Fsp3) is 0.440. The molecule has 2 saturated heterocycles. The summed E-state index contributed by atoms with van der Waals surface area (Å²) in [6.07, 6.45) is 11.2. The summed E-state index contributed by atoms with van der Waals surface area (Å²) >= 11 is 0. The van der Waals surface area contributed by atoms with E-state index in [0.717, 1.165) is 97.5 Å². The minimum atomic E-state index is 0.388. The van der Waals surface area contributed by atoms with E-state index in [9.17, 15) is 4.79 Å². The third-order valence-electron chi connectivity index (χ3n) is 7.63. The number of piperidine rings is 2. The normalized spacial score (nSPS) is 18.1. The number of carbonyl (C=O) groups is 1. The van der Waals surface area contributed by atoms with Gasteiger partial charge in [0.25, 0.3) is 0 Å². The van der Waals surface area contributed by atoms with Crippen molar-refractivity contribution in [2.75, 3.05) is 37.7 Å².